The van der Waals surface area contributed by atoms with Gasteiger partial charge in [0.1, 0.15) is 5.76 Å². The molecule has 66 valence electrons. The lowest BCUT2D eigenvalue weighted by Crippen LogP contribution is -1.88. The number of furan rings is 1. The Balaban J connectivity index is 2.53. The smallest absolute Gasteiger partial charge is 0.135 e. The first-order chi connectivity index (χ1) is 6.27. The summed E-state index contributed by atoms with van der Waals surface area (Å²) in [5, 5.41) is 0. The molecule has 0 amide bonds. The Hall–Kier alpha value is -1.22. The number of hydrogen-bond acceptors (Lipinski definition) is 2. The maximum Gasteiger partial charge on any atom is 0.135 e. The van der Waals surface area contributed by atoms with Crippen LogP contribution in [0.3, 0.4) is 0 Å². The molecule has 0 atom stereocenters. The van der Waals surface area contributed by atoms with Gasteiger partial charge in [0.2, 0.25) is 0 Å². The van der Waals surface area contributed by atoms with Crippen molar-refractivity contribution in [2.75, 3.05) is 5.73 Å². The topological polar surface area (TPSA) is 39.2 Å². The minimum Gasteiger partial charge on any atom is -0.464 e. The first-order valence-electron chi connectivity index (χ1n) is 3.86. The average molecular weight is 238 g/mol. The van der Waals surface area contributed by atoms with E-state index in [0.717, 1.165) is 15.8 Å². The molecule has 0 radical (unpaired) electrons. The summed E-state index contributed by atoms with van der Waals surface area (Å²) < 4.78 is 6.22. The average Bonchev–Trinajstić information content (AvgIpc) is 2.56. The van der Waals surface area contributed by atoms with Gasteiger partial charge >= 0.3 is 0 Å². The van der Waals surface area contributed by atoms with E-state index in [1.807, 2.05) is 30.3 Å². The van der Waals surface area contributed by atoms with Crippen molar-refractivity contribution >= 4 is 21.6 Å². The molecule has 2 aromatic rings. The molecule has 0 aliphatic rings. The standard InChI is InChI=1S/C10H8BrNO/c11-7-3-4-8(9(12)6-7)10-2-1-5-13-10/h1-6H,12H2. The van der Waals surface area contributed by atoms with E-state index in [1.54, 1.807) is 6.26 Å². The van der Waals surface area contributed by atoms with Gasteiger partial charge in [0.15, 0.2) is 0 Å². The number of benzene rings is 1. The number of nitrogens with two attached hydrogens (primary N) is 1. The van der Waals surface area contributed by atoms with Crippen LogP contribution in [-0.2, 0) is 0 Å². The molecule has 0 saturated carbocycles. The second kappa shape index (κ2) is 3.26. The molecular formula is C10H8BrNO. The van der Waals surface area contributed by atoms with Gasteiger partial charge in [-0.05, 0) is 30.3 Å². The Labute approximate surface area is 84.5 Å². The van der Waals surface area contributed by atoms with E-state index in [0.29, 0.717) is 5.69 Å². The normalized spacial score (nSPS) is 10.2. The minimum absolute atomic E-state index is 0.712. The number of nitrogen functional groups attached to an aromatic ring is 1. The van der Waals surface area contributed by atoms with Crippen molar-refractivity contribution in [1.82, 2.24) is 0 Å². The van der Waals surface area contributed by atoms with Crippen LogP contribution in [0, 0.1) is 0 Å². The Bertz CT molecular complexity index is 409. The second-order valence-corrected chi connectivity index (χ2v) is 3.62. The van der Waals surface area contributed by atoms with Crippen molar-refractivity contribution in [3.8, 4) is 11.3 Å². The molecule has 0 fully saturated rings. The van der Waals surface area contributed by atoms with Gasteiger partial charge < -0.3 is 10.2 Å². The summed E-state index contributed by atoms with van der Waals surface area (Å²) in [6, 6.07) is 9.46. The predicted molar refractivity (Wildman–Crippen MR) is 56.3 cm³/mol. The summed E-state index contributed by atoms with van der Waals surface area (Å²) in [4.78, 5) is 0. The first-order valence-corrected chi connectivity index (χ1v) is 4.65. The fraction of sp³-hybridized carbons (Fsp3) is 0. The molecule has 0 unspecified atom stereocenters. The van der Waals surface area contributed by atoms with Crippen molar-refractivity contribution in [2.45, 2.75) is 0 Å². The third-order valence-corrected chi connectivity index (χ3v) is 2.29. The molecule has 1 aromatic carbocycles. The molecular weight excluding hydrogens is 230 g/mol. The molecule has 0 spiro atoms. The molecule has 0 aliphatic carbocycles. The van der Waals surface area contributed by atoms with E-state index < -0.39 is 0 Å². The van der Waals surface area contributed by atoms with Gasteiger partial charge in [0.25, 0.3) is 0 Å². The van der Waals surface area contributed by atoms with Gasteiger partial charge in [-0.1, -0.05) is 15.9 Å². The quantitative estimate of drug-likeness (QED) is 0.774. The zero-order chi connectivity index (χ0) is 9.26. The molecule has 1 heterocycles. The highest BCUT2D eigenvalue weighted by Gasteiger charge is 2.04. The van der Waals surface area contributed by atoms with Gasteiger partial charge in [-0.3, -0.25) is 0 Å². The van der Waals surface area contributed by atoms with Gasteiger partial charge in [0, 0.05) is 15.7 Å². The summed E-state index contributed by atoms with van der Waals surface area (Å²) in [6.45, 7) is 0. The molecule has 0 bridgehead atoms. The first kappa shape index (κ1) is 8.38. The maximum atomic E-state index is 5.82. The van der Waals surface area contributed by atoms with Crippen LogP contribution in [0.25, 0.3) is 11.3 Å². The number of rotatable bonds is 1. The van der Waals surface area contributed by atoms with Crippen molar-refractivity contribution in [3.63, 3.8) is 0 Å². The van der Waals surface area contributed by atoms with Gasteiger partial charge in [-0.25, -0.2) is 0 Å². The lowest BCUT2D eigenvalue weighted by Gasteiger charge is -2.01. The summed E-state index contributed by atoms with van der Waals surface area (Å²) >= 11 is 3.35. The van der Waals surface area contributed by atoms with Crippen LogP contribution in [0.1, 0.15) is 0 Å². The molecule has 1 aromatic heterocycles. The zero-order valence-corrected chi connectivity index (χ0v) is 8.41. The molecule has 0 saturated heterocycles. The second-order valence-electron chi connectivity index (χ2n) is 2.71. The van der Waals surface area contributed by atoms with E-state index in [-0.39, 0.29) is 0 Å². The van der Waals surface area contributed by atoms with Crippen molar-refractivity contribution in [3.05, 3.63) is 41.1 Å². The zero-order valence-electron chi connectivity index (χ0n) is 6.83. The van der Waals surface area contributed by atoms with Crippen molar-refractivity contribution in [1.29, 1.82) is 0 Å². The number of hydrogen-bond donors (Lipinski definition) is 1. The highest BCUT2D eigenvalue weighted by molar-refractivity contribution is 9.10. The predicted octanol–water partition coefficient (Wildman–Crippen LogP) is 3.29. The van der Waals surface area contributed by atoms with Gasteiger partial charge in [-0.15, -0.1) is 0 Å². The van der Waals surface area contributed by atoms with E-state index in [2.05, 4.69) is 15.9 Å². The summed E-state index contributed by atoms with van der Waals surface area (Å²) in [6.07, 6.45) is 1.64. The van der Waals surface area contributed by atoms with E-state index >= 15 is 0 Å². The van der Waals surface area contributed by atoms with Crippen molar-refractivity contribution in [2.24, 2.45) is 0 Å². The number of halogens is 1. The lowest BCUT2D eigenvalue weighted by molar-refractivity contribution is 0.582. The number of anilines is 1. The largest absolute Gasteiger partial charge is 0.464 e. The fourth-order valence-corrected chi connectivity index (χ4v) is 1.57. The lowest BCUT2D eigenvalue weighted by atomic mass is 10.1. The van der Waals surface area contributed by atoms with Crippen LogP contribution in [0.4, 0.5) is 5.69 Å². The Morgan fingerprint density at radius 1 is 1.23 bits per heavy atom. The molecule has 13 heavy (non-hydrogen) atoms. The van der Waals surface area contributed by atoms with Crippen LogP contribution < -0.4 is 5.73 Å². The Morgan fingerprint density at radius 3 is 2.69 bits per heavy atom. The molecule has 2 N–H and O–H groups in total. The van der Waals surface area contributed by atoms with Crippen LogP contribution >= 0.6 is 15.9 Å². The monoisotopic (exact) mass is 237 g/mol. The Morgan fingerprint density at radius 2 is 2.08 bits per heavy atom. The molecule has 2 rings (SSSR count). The third kappa shape index (κ3) is 1.60. The van der Waals surface area contributed by atoms with E-state index in [4.69, 9.17) is 10.2 Å². The summed E-state index contributed by atoms with van der Waals surface area (Å²) in [5.41, 5.74) is 7.46. The van der Waals surface area contributed by atoms with Crippen LogP contribution in [0.5, 0.6) is 0 Å². The highest BCUT2D eigenvalue weighted by Crippen LogP contribution is 2.28. The minimum atomic E-state index is 0.712. The van der Waals surface area contributed by atoms with Crippen LogP contribution in [0.15, 0.2) is 45.5 Å². The summed E-state index contributed by atoms with van der Waals surface area (Å²) in [5.74, 6) is 0.796. The van der Waals surface area contributed by atoms with E-state index in [1.165, 1.54) is 0 Å². The summed E-state index contributed by atoms with van der Waals surface area (Å²) in [7, 11) is 0. The maximum absolute atomic E-state index is 5.82. The fourth-order valence-electron chi connectivity index (χ4n) is 1.19. The van der Waals surface area contributed by atoms with Gasteiger partial charge in [-0.2, -0.15) is 0 Å². The van der Waals surface area contributed by atoms with Gasteiger partial charge in [0.05, 0.1) is 6.26 Å². The highest BCUT2D eigenvalue weighted by atomic mass is 79.9. The molecule has 3 heteroatoms. The molecule has 0 aliphatic heterocycles. The Kier molecular flexibility index (Phi) is 2.10. The third-order valence-electron chi connectivity index (χ3n) is 1.80. The SMILES string of the molecule is Nc1cc(Br)ccc1-c1ccco1. The van der Waals surface area contributed by atoms with Crippen molar-refractivity contribution < 1.29 is 4.42 Å². The van der Waals surface area contributed by atoms with E-state index in [9.17, 15) is 0 Å². The molecule has 2 nitrogen and oxygen atoms in total. The van der Waals surface area contributed by atoms with Crippen LogP contribution in [-0.4, -0.2) is 0 Å². The van der Waals surface area contributed by atoms with Crippen LogP contribution in [0.2, 0.25) is 0 Å².